The predicted octanol–water partition coefficient (Wildman–Crippen LogP) is 4.96. The zero-order valence-electron chi connectivity index (χ0n) is 13.3. The Morgan fingerprint density at radius 1 is 0.833 bits per heavy atom. The molecule has 0 radical (unpaired) electrons. The normalized spacial score (nSPS) is 21.7. The first-order valence-electron chi connectivity index (χ1n) is 8.30. The van der Waals surface area contributed by atoms with Crippen LogP contribution in [0, 0.1) is 17.8 Å². The summed E-state index contributed by atoms with van der Waals surface area (Å²) >= 11 is 0. The van der Waals surface area contributed by atoms with E-state index < -0.39 is 0 Å². The average Bonchev–Trinajstić information content (AvgIpc) is 2.90. The van der Waals surface area contributed by atoms with Crippen molar-refractivity contribution in [3.63, 3.8) is 0 Å². The fourth-order valence-corrected chi connectivity index (χ4v) is 3.39. The Bertz CT molecular complexity index is 164. The molecule has 0 aromatic rings. The highest BCUT2D eigenvalue weighted by Crippen LogP contribution is 2.29. The summed E-state index contributed by atoms with van der Waals surface area (Å²) < 4.78 is 0. The van der Waals surface area contributed by atoms with Gasteiger partial charge >= 0.3 is 0 Å². The van der Waals surface area contributed by atoms with Crippen LogP contribution < -0.4 is 0 Å². The van der Waals surface area contributed by atoms with Crippen LogP contribution in [-0.2, 0) is 0 Å². The summed E-state index contributed by atoms with van der Waals surface area (Å²) in [6.45, 7) is 13.2. The van der Waals surface area contributed by atoms with E-state index in [0.717, 1.165) is 17.8 Å². The molecule has 0 amide bonds. The number of hydrogen-bond acceptors (Lipinski definition) is 1. The standard InChI is InChI=1S/C9H18.C8H17N/c2*1-8(2)7-9-5-3-4-6-9/h8-9H,3-7H2,1-2H3;8H,3-7H2,1-2H3. The van der Waals surface area contributed by atoms with E-state index in [1.165, 1.54) is 64.6 Å². The Morgan fingerprint density at radius 2 is 1.39 bits per heavy atom. The van der Waals surface area contributed by atoms with E-state index in [-0.39, 0.29) is 0 Å². The van der Waals surface area contributed by atoms with Gasteiger partial charge in [-0.2, -0.15) is 0 Å². The van der Waals surface area contributed by atoms with Gasteiger partial charge in [0.05, 0.1) is 0 Å². The summed E-state index contributed by atoms with van der Waals surface area (Å²) in [6, 6.07) is 0. The second-order valence-electron chi connectivity index (χ2n) is 7.18. The monoisotopic (exact) mass is 253 g/mol. The van der Waals surface area contributed by atoms with E-state index in [1.807, 2.05) is 0 Å². The Labute approximate surface area is 115 Å². The first kappa shape index (κ1) is 16.0. The van der Waals surface area contributed by atoms with E-state index in [1.54, 1.807) is 0 Å². The number of rotatable bonds is 4. The van der Waals surface area contributed by atoms with Gasteiger partial charge < -0.3 is 4.90 Å². The highest BCUT2D eigenvalue weighted by Gasteiger charge is 2.15. The molecular formula is C17H35N. The van der Waals surface area contributed by atoms with Crippen LogP contribution in [0.25, 0.3) is 0 Å². The Balaban J connectivity index is 0.000000180. The minimum absolute atomic E-state index is 0.850. The van der Waals surface area contributed by atoms with Crippen LogP contribution in [-0.4, -0.2) is 24.5 Å². The summed E-state index contributed by atoms with van der Waals surface area (Å²) in [6.07, 6.45) is 10.3. The maximum absolute atomic E-state index is 2.56. The molecular weight excluding hydrogens is 218 g/mol. The van der Waals surface area contributed by atoms with Gasteiger partial charge in [0.25, 0.3) is 0 Å². The van der Waals surface area contributed by atoms with Crippen molar-refractivity contribution in [2.45, 2.75) is 72.6 Å². The SMILES string of the molecule is CC(C)CC1CCCC1.CC(C)CN1CCCC1. The fourth-order valence-electron chi connectivity index (χ4n) is 3.39. The van der Waals surface area contributed by atoms with Gasteiger partial charge in [0.15, 0.2) is 0 Å². The topological polar surface area (TPSA) is 3.24 Å². The summed E-state index contributed by atoms with van der Waals surface area (Å²) in [5.74, 6) is 2.86. The van der Waals surface area contributed by atoms with Crippen LogP contribution in [0.4, 0.5) is 0 Å². The highest BCUT2D eigenvalue weighted by atomic mass is 15.1. The Morgan fingerprint density at radius 3 is 1.83 bits per heavy atom. The summed E-state index contributed by atoms with van der Waals surface area (Å²) in [5, 5.41) is 0. The molecule has 0 N–H and O–H groups in total. The first-order chi connectivity index (χ1) is 8.58. The molecule has 2 rings (SSSR count). The molecule has 0 aromatic heterocycles. The third-order valence-corrected chi connectivity index (χ3v) is 4.10. The zero-order chi connectivity index (χ0) is 13.4. The second-order valence-corrected chi connectivity index (χ2v) is 7.18. The van der Waals surface area contributed by atoms with E-state index in [4.69, 9.17) is 0 Å². The molecule has 1 heteroatoms. The molecule has 1 nitrogen and oxygen atoms in total. The summed E-state index contributed by atoms with van der Waals surface area (Å²) in [7, 11) is 0. The molecule has 1 saturated heterocycles. The first-order valence-corrected chi connectivity index (χ1v) is 8.30. The van der Waals surface area contributed by atoms with Crippen LogP contribution in [0.5, 0.6) is 0 Å². The molecule has 0 aromatic carbocycles. The third kappa shape index (κ3) is 7.41. The van der Waals surface area contributed by atoms with Crippen molar-refractivity contribution in [2.24, 2.45) is 17.8 Å². The van der Waals surface area contributed by atoms with Crippen molar-refractivity contribution in [3.05, 3.63) is 0 Å². The lowest BCUT2D eigenvalue weighted by atomic mass is 9.96. The van der Waals surface area contributed by atoms with Gasteiger partial charge in [0, 0.05) is 6.54 Å². The molecule has 108 valence electrons. The van der Waals surface area contributed by atoms with Crippen molar-refractivity contribution < 1.29 is 0 Å². The lowest BCUT2D eigenvalue weighted by Crippen LogP contribution is -2.23. The van der Waals surface area contributed by atoms with Gasteiger partial charge in [-0.25, -0.2) is 0 Å². The molecule has 0 bridgehead atoms. The van der Waals surface area contributed by atoms with Crippen molar-refractivity contribution >= 4 is 0 Å². The molecule has 1 heterocycles. The van der Waals surface area contributed by atoms with Crippen molar-refractivity contribution in [1.29, 1.82) is 0 Å². The third-order valence-electron chi connectivity index (χ3n) is 4.10. The minimum Gasteiger partial charge on any atom is -0.303 e. The van der Waals surface area contributed by atoms with Crippen LogP contribution in [0.2, 0.25) is 0 Å². The van der Waals surface area contributed by atoms with E-state index >= 15 is 0 Å². The average molecular weight is 253 g/mol. The minimum atomic E-state index is 0.850. The largest absolute Gasteiger partial charge is 0.303 e. The van der Waals surface area contributed by atoms with Gasteiger partial charge in [-0.05, 0) is 50.1 Å². The van der Waals surface area contributed by atoms with E-state index in [9.17, 15) is 0 Å². The molecule has 2 aliphatic rings. The van der Waals surface area contributed by atoms with Crippen molar-refractivity contribution in [3.8, 4) is 0 Å². The zero-order valence-corrected chi connectivity index (χ0v) is 13.3. The van der Waals surface area contributed by atoms with Crippen LogP contribution in [0.1, 0.15) is 72.6 Å². The fraction of sp³-hybridized carbons (Fsp3) is 1.00. The van der Waals surface area contributed by atoms with Gasteiger partial charge in [-0.3, -0.25) is 0 Å². The number of nitrogens with zero attached hydrogens (tertiary/aromatic N) is 1. The molecule has 0 atom stereocenters. The summed E-state index contributed by atoms with van der Waals surface area (Å²) in [5.41, 5.74) is 0. The number of likely N-dealkylation sites (tertiary alicyclic amines) is 1. The Kier molecular flexibility index (Phi) is 7.97. The molecule has 0 unspecified atom stereocenters. The lowest BCUT2D eigenvalue weighted by Gasteiger charge is -2.16. The molecule has 2 fully saturated rings. The quantitative estimate of drug-likeness (QED) is 0.684. The van der Waals surface area contributed by atoms with Crippen molar-refractivity contribution in [1.82, 2.24) is 4.90 Å². The smallest absolute Gasteiger partial charge is 0.000438 e. The molecule has 1 aliphatic heterocycles. The van der Waals surface area contributed by atoms with Gasteiger partial charge in [0.2, 0.25) is 0 Å². The van der Waals surface area contributed by atoms with Gasteiger partial charge in [-0.1, -0.05) is 53.4 Å². The van der Waals surface area contributed by atoms with Gasteiger partial charge in [0.1, 0.15) is 0 Å². The second kappa shape index (κ2) is 8.96. The van der Waals surface area contributed by atoms with Crippen LogP contribution in [0.15, 0.2) is 0 Å². The van der Waals surface area contributed by atoms with E-state index in [2.05, 4.69) is 32.6 Å². The van der Waals surface area contributed by atoms with Crippen molar-refractivity contribution in [2.75, 3.05) is 19.6 Å². The summed E-state index contributed by atoms with van der Waals surface area (Å²) in [4.78, 5) is 2.56. The number of hydrogen-bond donors (Lipinski definition) is 0. The molecule has 18 heavy (non-hydrogen) atoms. The van der Waals surface area contributed by atoms with Crippen LogP contribution >= 0.6 is 0 Å². The molecule has 1 aliphatic carbocycles. The van der Waals surface area contributed by atoms with E-state index in [0.29, 0.717) is 0 Å². The highest BCUT2D eigenvalue weighted by molar-refractivity contribution is 4.68. The molecule has 1 saturated carbocycles. The predicted molar refractivity (Wildman–Crippen MR) is 81.9 cm³/mol. The molecule has 0 spiro atoms. The van der Waals surface area contributed by atoms with Gasteiger partial charge in [-0.15, -0.1) is 0 Å². The maximum Gasteiger partial charge on any atom is 0.000438 e. The lowest BCUT2D eigenvalue weighted by molar-refractivity contribution is 0.298. The Hall–Kier alpha value is -0.0400. The maximum atomic E-state index is 2.56. The van der Waals surface area contributed by atoms with Crippen LogP contribution in [0.3, 0.4) is 0 Å².